The van der Waals surface area contributed by atoms with Crippen molar-refractivity contribution in [2.75, 3.05) is 31.1 Å². The van der Waals surface area contributed by atoms with Crippen molar-refractivity contribution in [3.05, 3.63) is 95.3 Å². The summed E-state index contributed by atoms with van der Waals surface area (Å²) in [4.78, 5) is 37.9. The van der Waals surface area contributed by atoms with Crippen LogP contribution >= 0.6 is 0 Å². The van der Waals surface area contributed by atoms with E-state index in [0.29, 0.717) is 37.4 Å². The Morgan fingerprint density at radius 1 is 0.829 bits per heavy atom. The van der Waals surface area contributed by atoms with Crippen molar-refractivity contribution >= 4 is 11.7 Å². The molecule has 35 heavy (non-hydrogen) atoms. The lowest BCUT2D eigenvalue weighted by molar-refractivity contribution is -0.132. The van der Waals surface area contributed by atoms with Crippen LogP contribution in [0.5, 0.6) is 0 Å². The smallest absolute Gasteiger partial charge is 0.267 e. The van der Waals surface area contributed by atoms with Crippen molar-refractivity contribution < 1.29 is 9.18 Å². The van der Waals surface area contributed by atoms with Gasteiger partial charge in [0.05, 0.1) is 11.4 Å². The highest BCUT2D eigenvalue weighted by atomic mass is 19.1. The number of piperazine rings is 1. The van der Waals surface area contributed by atoms with E-state index in [1.54, 1.807) is 29.4 Å². The minimum Gasteiger partial charge on any atom is -0.353 e. The Morgan fingerprint density at radius 2 is 1.54 bits per heavy atom. The Balaban J connectivity index is 1.24. The second-order valence-electron chi connectivity index (χ2n) is 8.22. The molecule has 0 unspecified atom stereocenters. The van der Waals surface area contributed by atoms with Crippen molar-refractivity contribution in [3.63, 3.8) is 0 Å². The SMILES string of the molecule is O=C(Cn1nc(-c2ccc(F)cc2)ccc1=O)N1CCN(c2cc(-c3ccccc3)ncn2)CC1. The van der Waals surface area contributed by atoms with Crippen LogP contribution in [0.1, 0.15) is 0 Å². The molecular formula is C26H23FN6O2. The zero-order valence-electron chi connectivity index (χ0n) is 18.9. The van der Waals surface area contributed by atoms with Gasteiger partial charge in [0, 0.05) is 49.4 Å². The molecule has 0 N–H and O–H groups in total. The molecule has 0 aliphatic carbocycles. The second-order valence-corrected chi connectivity index (χ2v) is 8.22. The molecule has 3 heterocycles. The third kappa shape index (κ3) is 5.08. The van der Waals surface area contributed by atoms with Crippen molar-refractivity contribution in [1.29, 1.82) is 0 Å². The second kappa shape index (κ2) is 9.84. The Kier molecular flexibility index (Phi) is 6.30. The molecule has 1 amide bonds. The Bertz CT molecular complexity index is 1380. The number of halogens is 1. The monoisotopic (exact) mass is 470 g/mol. The normalized spacial score (nSPS) is 13.6. The fraction of sp³-hybridized carbons (Fsp3) is 0.192. The van der Waals surface area contributed by atoms with Gasteiger partial charge in [-0.15, -0.1) is 0 Å². The maximum Gasteiger partial charge on any atom is 0.267 e. The van der Waals surface area contributed by atoms with E-state index in [0.717, 1.165) is 21.8 Å². The third-order valence-corrected chi connectivity index (χ3v) is 5.97. The molecule has 5 rings (SSSR count). The Labute approximate surface area is 201 Å². The van der Waals surface area contributed by atoms with Gasteiger partial charge in [-0.05, 0) is 30.3 Å². The van der Waals surface area contributed by atoms with Crippen LogP contribution in [0, 0.1) is 5.82 Å². The highest BCUT2D eigenvalue weighted by Gasteiger charge is 2.23. The van der Waals surface area contributed by atoms with Gasteiger partial charge in [0.25, 0.3) is 5.56 Å². The molecule has 1 saturated heterocycles. The summed E-state index contributed by atoms with van der Waals surface area (Å²) >= 11 is 0. The largest absolute Gasteiger partial charge is 0.353 e. The molecule has 8 nitrogen and oxygen atoms in total. The predicted molar refractivity (Wildman–Crippen MR) is 130 cm³/mol. The van der Waals surface area contributed by atoms with E-state index in [-0.39, 0.29) is 23.8 Å². The summed E-state index contributed by atoms with van der Waals surface area (Å²) in [6.07, 6.45) is 1.56. The molecule has 176 valence electrons. The lowest BCUT2D eigenvalue weighted by Crippen LogP contribution is -2.50. The van der Waals surface area contributed by atoms with Crippen LogP contribution in [-0.4, -0.2) is 56.7 Å². The number of benzene rings is 2. The maximum atomic E-state index is 13.2. The van der Waals surface area contributed by atoms with Gasteiger partial charge in [-0.3, -0.25) is 9.59 Å². The van der Waals surface area contributed by atoms with Crippen molar-refractivity contribution in [2.24, 2.45) is 0 Å². The van der Waals surface area contributed by atoms with Crippen LogP contribution in [0.3, 0.4) is 0 Å². The number of amides is 1. The first kappa shape index (κ1) is 22.4. The average Bonchev–Trinajstić information content (AvgIpc) is 2.91. The van der Waals surface area contributed by atoms with Gasteiger partial charge >= 0.3 is 0 Å². The summed E-state index contributed by atoms with van der Waals surface area (Å²) in [5.74, 6) is 0.286. The fourth-order valence-electron chi connectivity index (χ4n) is 4.04. The van der Waals surface area contributed by atoms with Gasteiger partial charge < -0.3 is 9.80 Å². The highest BCUT2D eigenvalue weighted by molar-refractivity contribution is 5.76. The number of carbonyl (C=O) groups excluding carboxylic acids is 1. The number of carbonyl (C=O) groups is 1. The van der Waals surface area contributed by atoms with Gasteiger partial charge in [-0.1, -0.05) is 30.3 Å². The summed E-state index contributed by atoms with van der Waals surface area (Å²) in [7, 11) is 0. The van der Waals surface area contributed by atoms with Gasteiger partial charge in [-0.25, -0.2) is 19.0 Å². The van der Waals surface area contributed by atoms with Crippen LogP contribution < -0.4 is 10.5 Å². The van der Waals surface area contributed by atoms with Gasteiger partial charge in [-0.2, -0.15) is 5.10 Å². The Hall–Kier alpha value is -4.40. The molecule has 1 aliphatic heterocycles. The van der Waals surface area contributed by atoms with Crippen molar-refractivity contribution in [2.45, 2.75) is 6.54 Å². The Morgan fingerprint density at radius 3 is 2.29 bits per heavy atom. The van der Waals surface area contributed by atoms with Crippen LogP contribution in [-0.2, 0) is 11.3 Å². The third-order valence-electron chi connectivity index (χ3n) is 5.97. The van der Waals surface area contributed by atoms with Crippen LogP contribution in [0.15, 0.2) is 83.9 Å². The number of anilines is 1. The molecule has 1 fully saturated rings. The highest BCUT2D eigenvalue weighted by Crippen LogP contribution is 2.21. The number of hydrogen-bond acceptors (Lipinski definition) is 6. The van der Waals surface area contributed by atoms with E-state index in [4.69, 9.17) is 0 Å². The van der Waals surface area contributed by atoms with Crippen LogP contribution in [0.25, 0.3) is 22.5 Å². The first-order chi connectivity index (χ1) is 17.1. The molecule has 9 heteroatoms. The van der Waals surface area contributed by atoms with Crippen molar-refractivity contribution in [1.82, 2.24) is 24.6 Å². The predicted octanol–water partition coefficient (Wildman–Crippen LogP) is 2.86. The molecule has 0 radical (unpaired) electrons. The van der Waals surface area contributed by atoms with E-state index in [2.05, 4.69) is 20.0 Å². The molecule has 2 aromatic heterocycles. The number of nitrogens with zero attached hydrogens (tertiary/aromatic N) is 6. The lowest BCUT2D eigenvalue weighted by Gasteiger charge is -2.35. The van der Waals surface area contributed by atoms with Crippen molar-refractivity contribution in [3.8, 4) is 22.5 Å². The van der Waals surface area contributed by atoms with E-state index in [1.807, 2.05) is 36.4 Å². The number of hydrogen-bond donors (Lipinski definition) is 0. The lowest BCUT2D eigenvalue weighted by atomic mass is 10.1. The van der Waals surface area contributed by atoms with E-state index >= 15 is 0 Å². The number of aromatic nitrogens is 4. The molecule has 0 saturated carbocycles. The summed E-state index contributed by atoms with van der Waals surface area (Å²) in [5.41, 5.74) is 2.67. The summed E-state index contributed by atoms with van der Waals surface area (Å²) in [6, 6.07) is 20.6. The summed E-state index contributed by atoms with van der Waals surface area (Å²) in [6.45, 7) is 2.11. The molecular weight excluding hydrogens is 447 g/mol. The quantitative estimate of drug-likeness (QED) is 0.446. The zero-order chi connectivity index (χ0) is 24.2. The minimum atomic E-state index is -0.364. The van der Waals surface area contributed by atoms with Gasteiger partial charge in [0.2, 0.25) is 5.91 Å². The van der Waals surface area contributed by atoms with E-state index in [9.17, 15) is 14.0 Å². The fourth-order valence-corrected chi connectivity index (χ4v) is 4.04. The summed E-state index contributed by atoms with van der Waals surface area (Å²) < 4.78 is 14.4. The molecule has 2 aromatic carbocycles. The van der Waals surface area contributed by atoms with E-state index in [1.165, 1.54) is 18.2 Å². The van der Waals surface area contributed by atoms with Gasteiger partial charge in [0.1, 0.15) is 24.5 Å². The first-order valence-corrected chi connectivity index (χ1v) is 11.3. The van der Waals surface area contributed by atoms with Crippen LogP contribution in [0.4, 0.5) is 10.2 Å². The molecule has 4 aromatic rings. The standard InChI is InChI=1S/C26H23FN6O2/c27-21-8-6-20(7-9-21)22-10-11-25(34)33(30-22)17-26(35)32-14-12-31(13-15-32)24-16-23(28-18-29-24)19-4-2-1-3-5-19/h1-11,16,18H,12-15,17H2. The molecule has 0 spiro atoms. The molecule has 1 aliphatic rings. The van der Waals surface area contributed by atoms with E-state index < -0.39 is 0 Å². The number of rotatable bonds is 5. The first-order valence-electron chi connectivity index (χ1n) is 11.3. The van der Waals surface area contributed by atoms with Crippen LogP contribution in [0.2, 0.25) is 0 Å². The molecule has 0 bridgehead atoms. The average molecular weight is 471 g/mol. The molecule has 0 atom stereocenters. The maximum absolute atomic E-state index is 13.2. The zero-order valence-corrected chi connectivity index (χ0v) is 18.9. The summed E-state index contributed by atoms with van der Waals surface area (Å²) in [5, 5.41) is 4.31. The van der Waals surface area contributed by atoms with Gasteiger partial charge in [0.15, 0.2) is 0 Å². The topological polar surface area (TPSA) is 84.2 Å². The minimum absolute atomic E-state index is 0.153.